The molecule has 316 valence electrons. The van der Waals surface area contributed by atoms with Crippen LogP contribution in [0.2, 0.25) is 0 Å². The van der Waals surface area contributed by atoms with Gasteiger partial charge >= 0.3 is 0 Å². The Labute approximate surface area is 389 Å². The molecule has 2 aliphatic carbocycles. The molecule has 1 heterocycles. The molecule has 0 bridgehead atoms. The normalized spacial score (nSPS) is 15.0. The topological polar surface area (TPSA) is 8.17 Å². The van der Waals surface area contributed by atoms with E-state index >= 15 is 0 Å². The molecule has 9 aromatic rings. The maximum absolute atomic E-state index is 4.31. The molecular weight excluding hydrogens is 797 g/mol. The van der Waals surface area contributed by atoms with Crippen LogP contribution in [0.15, 0.2) is 249 Å². The van der Waals surface area contributed by atoms with Crippen LogP contribution in [0.1, 0.15) is 36.2 Å². The lowest BCUT2D eigenvalue weighted by Crippen LogP contribution is -2.16. The molecule has 8 aromatic carbocycles. The maximum Gasteiger partial charge on any atom is 0.0616 e. The summed E-state index contributed by atoms with van der Waals surface area (Å²) in [7, 11) is 0. The molecule has 0 unspecified atom stereocenters. The average molecular weight is 847 g/mol. The van der Waals surface area contributed by atoms with Gasteiger partial charge in [0.1, 0.15) is 0 Å². The largest absolute Gasteiger partial charge is 0.310 e. The Balaban J connectivity index is 0.991. The zero-order valence-electron chi connectivity index (χ0n) is 37.4. The average Bonchev–Trinajstić information content (AvgIpc) is 3.82. The van der Waals surface area contributed by atoms with Gasteiger partial charge in [-0.3, -0.25) is 0 Å². The number of anilines is 3. The van der Waals surface area contributed by atoms with Crippen LogP contribution in [0.4, 0.5) is 17.1 Å². The highest BCUT2D eigenvalue weighted by Gasteiger charge is 2.36. The van der Waals surface area contributed by atoms with Gasteiger partial charge in [-0.1, -0.05) is 209 Å². The Bertz CT molecular complexity index is 3310. The molecule has 0 spiro atoms. The molecule has 0 N–H and O–H groups in total. The standard InChI is InChI=1S/C64H50N2/c1-45-18-8-4-15-26-58-61(43-28-45)66(52-23-13-7-14-24-52)63(51-21-11-6-12-22-51)62(58)50-31-29-47(30-32-50)49-35-39-54(40-36-49)65(53-37-33-48(34-38-53)46-19-9-5-10-20-46)55-41-42-57-56-25-16-17-27-59(56)64(2,3)60(57)44-55/h4-25,27-44H,1,26H2,2-3H3/b15-4-,18-8-,43-28-. The minimum atomic E-state index is -0.108. The third-order valence-electron chi connectivity index (χ3n) is 13.4. The predicted molar refractivity (Wildman–Crippen MR) is 280 cm³/mol. The lowest BCUT2D eigenvalue weighted by Gasteiger charge is -2.28. The van der Waals surface area contributed by atoms with E-state index in [2.05, 4.69) is 273 Å². The molecule has 0 radical (unpaired) electrons. The van der Waals surface area contributed by atoms with Crippen LogP contribution in [0.3, 0.4) is 0 Å². The van der Waals surface area contributed by atoms with Crippen molar-refractivity contribution in [2.75, 3.05) is 4.90 Å². The molecule has 0 amide bonds. The second kappa shape index (κ2) is 17.1. The molecule has 0 saturated heterocycles. The molecule has 0 aliphatic heterocycles. The summed E-state index contributed by atoms with van der Waals surface area (Å²) >= 11 is 0. The van der Waals surface area contributed by atoms with E-state index in [1.165, 1.54) is 72.5 Å². The van der Waals surface area contributed by atoms with E-state index in [0.717, 1.165) is 40.4 Å². The number of allylic oxidation sites excluding steroid dienone is 6. The smallest absolute Gasteiger partial charge is 0.0616 e. The molecule has 2 nitrogen and oxygen atoms in total. The van der Waals surface area contributed by atoms with Gasteiger partial charge in [-0.25, -0.2) is 0 Å². The predicted octanol–water partition coefficient (Wildman–Crippen LogP) is 17.2. The van der Waals surface area contributed by atoms with Crippen molar-refractivity contribution < 1.29 is 0 Å². The first-order valence-corrected chi connectivity index (χ1v) is 22.9. The third-order valence-corrected chi connectivity index (χ3v) is 13.4. The molecule has 11 rings (SSSR count). The Kier molecular flexibility index (Phi) is 10.5. The summed E-state index contributed by atoms with van der Waals surface area (Å²) in [6, 6.07) is 75.2. The lowest BCUT2D eigenvalue weighted by molar-refractivity contribution is 0.660. The quantitative estimate of drug-likeness (QED) is 0.148. The molecule has 1 aromatic heterocycles. The first-order valence-electron chi connectivity index (χ1n) is 22.9. The van der Waals surface area contributed by atoms with Crippen molar-refractivity contribution in [1.29, 1.82) is 0 Å². The summed E-state index contributed by atoms with van der Waals surface area (Å²) < 4.78 is 2.43. The van der Waals surface area contributed by atoms with Crippen LogP contribution in [-0.4, -0.2) is 4.57 Å². The Morgan fingerprint density at radius 2 is 0.970 bits per heavy atom. The van der Waals surface area contributed by atoms with Crippen LogP contribution in [0, 0.1) is 0 Å². The van der Waals surface area contributed by atoms with Gasteiger partial charge in [0.05, 0.1) is 11.4 Å². The molecule has 0 fully saturated rings. The Hall–Kier alpha value is -8.20. The number of benzene rings is 8. The highest BCUT2D eigenvalue weighted by Crippen LogP contribution is 2.51. The summed E-state index contributed by atoms with van der Waals surface area (Å²) in [5.41, 5.74) is 22.7. The fourth-order valence-electron chi connectivity index (χ4n) is 10.1. The summed E-state index contributed by atoms with van der Waals surface area (Å²) in [6.45, 7) is 9.02. The Morgan fingerprint density at radius 1 is 0.455 bits per heavy atom. The molecule has 2 aliphatic rings. The van der Waals surface area contributed by atoms with E-state index in [1.54, 1.807) is 0 Å². The summed E-state index contributed by atoms with van der Waals surface area (Å²) in [6.07, 6.45) is 13.7. The molecule has 0 atom stereocenters. The second-order valence-electron chi connectivity index (χ2n) is 17.8. The van der Waals surface area contributed by atoms with E-state index < -0.39 is 0 Å². The van der Waals surface area contributed by atoms with Crippen molar-refractivity contribution in [1.82, 2.24) is 4.57 Å². The van der Waals surface area contributed by atoms with Gasteiger partial charge in [0, 0.05) is 33.7 Å². The van der Waals surface area contributed by atoms with Crippen LogP contribution in [0.5, 0.6) is 0 Å². The van der Waals surface area contributed by atoms with Gasteiger partial charge in [0.2, 0.25) is 0 Å². The van der Waals surface area contributed by atoms with Gasteiger partial charge in [0.15, 0.2) is 0 Å². The SMILES string of the molecule is C=C1/C=C\C=C/Cc2c(-c3ccc(-c4ccc(N(c5ccc(-c6ccccc6)cc5)c5ccc6c(c5)C(C)(C)c5ccccc5-6)cc4)cc3)c(-c3ccccc3)n(-c3ccccc3)c2/C=C\1. The number of para-hydroxylation sites is 1. The van der Waals surface area contributed by atoms with Crippen molar-refractivity contribution in [2.24, 2.45) is 0 Å². The van der Waals surface area contributed by atoms with Gasteiger partial charge < -0.3 is 9.47 Å². The zero-order chi connectivity index (χ0) is 44.6. The van der Waals surface area contributed by atoms with Crippen LogP contribution in [0.25, 0.3) is 67.5 Å². The minimum absolute atomic E-state index is 0.108. The van der Waals surface area contributed by atoms with Crippen LogP contribution >= 0.6 is 0 Å². The van der Waals surface area contributed by atoms with Gasteiger partial charge in [-0.2, -0.15) is 0 Å². The summed E-state index contributed by atoms with van der Waals surface area (Å²) in [4.78, 5) is 2.40. The van der Waals surface area contributed by atoms with E-state index in [9.17, 15) is 0 Å². The molecule has 0 saturated carbocycles. The van der Waals surface area contributed by atoms with Crippen molar-refractivity contribution >= 4 is 23.1 Å². The maximum atomic E-state index is 4.31. The number of fused-ring (bicyclic) bond motifs is 4. The third kappa shape index (κ3) is 7.37. The zero-order valence-corrected chi connectivity index (χ0v) is 37.4. The number of aromatic nitrogens is 1. The van der Waals surface area contributed by atoms with Crippen molar-refractivity contribution in [2.45, 2.75) is 25.7 Å². The summed E-state index contributed by atoms with van der Waals surface area (Å²) in [5.74, 6) is 0. The Morgan fingerprint density at radius 3 is 1.62 bits per heavy atom. The minimum Gasteiger partial charge on any atom is -0.310 e. The van der Waals surface area contributed by atoms with Crippen molar-refractivity contribution in [3.63, 3.8) is 0 Å². The molecular formula is C64H50N2. The van der Waals surface area contributed by atoms with Crippen LogP contribution < -0.4 is 4.90 Å². The highest BCUT2D eigenvalue weighted by molar-refractivity contribution is 5.91. The highest BCUT2D eigenvalue weighted by atomic mass is 15.1. The fraction of sp³-hybridized carbons (Fsp3) is 0.0625. The lowest BCUT2D eigenvalue weighted by atomic mass is 9.82. The van der Waals surface area contributed by atoms with E-state index in [4.69, 9.17) is 0 Å². The first-order chi connectivity index (χ1) is 32.4. The summed E-state index contributed by atoms with van der Waals surface area (Å²) in [5, 5.41) is 0. The number of nitrogens with zero attached hydrogens (tertiary/aromatic N) is 2. The molecule has 66 heavy (non-hydrogen) atoms. The van der Waals surface area contributed by atoms with Crippen molar-refractivity contribution in [3.05, 3.63) is 271 Å². The number of rotatable bonds is 8. The first kappa shape index (κ1) is 40.6. The van der Waals surface area contributed by atoms with Crippen LogP contribution in [-0.2, 0) is 11.8 Å². The number of hydrogen-bond acceptors (Lipinski definition) is 1. The second-order valence-corrected chi connectivity index (χ2v) is 17.8. The van der Waals surface area contributed by atoms with Gasteiger partial charge in [-0.15, -0.1) is 0 Å². The van der Waals surface area contributed by atoms with Crippen molar-refractivity contribution in [3.8, 4) is 61.5 Å². The van der Waals surface area contributed by atoms with E-state index in [-0.39, 0.29) is 5.41 Å². The number of hydrogen-bond donors (Lipinski definition) is 0. The fourth-order valence-corrected chi connectivity index (χ4v) is 10.1. The van der Waals surface area contributed by atoms with Gasteiger partial charge in [-0.05, 0) is 128 Å². The van der Waals surface area contributed by atoms with E-state index in [1.807, 2.05) is 0 Å². The van der Waals surface area contributed by atoms with Gasteiger partial charge in [0.25, 0.3) is 0 Å². The molecule has 2 heteroatoms. The monoisotopic (exact) mass is 846 g/mol. The van der Waals surface area contributed by atoms with E-state index in [0.29, 0.717) is 0 Å².